The van der Waals surface area contributed by atoms with Gasteiger partial charge < -0.3 is 9.47 Å². The summed E-state index contributed by atoms with van der Waals surface area (Å²) in [5.74, 6) is 1.45. The van der Waals surface area contributed by atoms with Gasteiger partial charge >= 0.3 is 0 Å². The van der Waals surface area contributed by atoms with Crippen molar-refractivity contribution in [2.45, 2.75) is 6.42 Å². The Morgan fingerprint density at radius 1 is 1.27 bits per heavy atom. The van der Waals surface area contributed by atoms with Crippen molar-refractivity contribution in [1.82, 2.24) is 0 Å². The summed E-state index contributed by atoms with van der Waals surface area (Å²) in [4.78, 5) is 0. The molecule has 1 unspecified atom stereocenters. The number of methoxy groups -OCH3 is 2. The first-order chi connectivity index (χ1) is 7.31. The quantitative estimate of drug-likeness (QED) is 0.742. The lowest BCUT2D eigenvalue weighted by molar-refractivity contribution is 0.161. The van der Waals surface area contributed by atoms with E-state index in [1.807, 2.05) is 18.2 Å². The number of para-hydroxylation sites is 1. The normalized spacial score (nSPS) is 12.5. The molecule has 15 heavy (non-hydrogen) atoms. The Hall–Kier alpha value is -0.540. The third-order valence-electron chi connectivity index (χ3n) is 2.32. The Kier molecular flexibility index (Phi) is 5.73. The monoisotopic (exact) mass is 272 g/mol. The Morgan fingerprint density at radius 3 is 2.60 bits per heavy atom. The molecule has 0 spiro atoms. The second-order valence-electron chi connectivity index (χ2n) is 3.49. The zero-order valence-electron chi connectivity index (χ0n) is 9.20. The van der Waals surface area contributed by atoms with Gasteiger partial charge in [0.1, 0.15) is 5.75 Å². The van der Waals surface area contributed by atoms with E-state index in [1.165, 1.54) is 5.56 Å². The van der Waals surface area contributed by atoms with Crippen LogP contribution in [0.15, 0.2) is 24.3 Å². The fourth-order valence-corrected chi connectivity index (χ4v) is 1.99. The molecule has 0 aliphatic carbocycles. The van der Waals surface area contributed by atoms with Crippen LogP contribution in [0.4, 0.5) is 0 Å². The lowest BCUT2D eigenvalue weighted by atomic mass is 10.0. The molecule has 0 aromatic heterocycles. The van der Waals surface area contributed by atoms with Gasteiger partial charge in [0.2, 0.25) is 0 Å². The number of halogens is 1. The molecule has 0 saturated carbocycles. The SMILES string of the molecule is COCC(CBr)Cc1ccccc1OC. The van der Waals surface area contributed by atoms with E-state index in [0.29, 0.717) is 5.92 Å². The van der Waals surface area contributed by atoms with Crippen molar-refractivity contribution in [1.29, 1.82) is 0 Å². The first-order valence-corrected chi connectivity index (χ1v) is 6.10. The van der Waals surface area contributed by atoms with Gasteiger partial charge in [-0.15, -0.1) is 0 Å². The van der Waals surface area contributed by atoms with Crippen LogP contribution in [0.3, 0.4) is 0 Å². The molecule has 0 N–H and O–H groups in total. The minimum Gasteiger partial charge on any atom is -0.496 e. The van der Waals surface area contributed by atoms with E-state index in [2.05, 4.69) is 22.0 Å². The van der Waals surface area contributed by atoms with Gasteiger partial charge in [-0.05, 0) is 24.0 Å². The van der Waals surface area contributed by atoms with Crippen LogP contribution in [0.25, 0.3) is 0 Å². The highest BCUT2D eigenvalue weighted by molar-refractivity contribution is 9.09. The molecule has 1 rings (SSSR count). The summed E-state index contributed by atoms with van der Waals surface area (Å²) in [7, 11) is 3.44. The van der Waals surface area contributed by atoms with Crippen LogP contribution in [0, 0.1) is 5.92 Å². The average Bonchev–Trinajstić information content (AvgIpc) is 2.29. The first kappa shape index (κ1) is 12.5. The molecule has 2 nitrogen and oxygen atoms in total. The summed E-state index contributed by atoms with van der Waals surface area (Å²) in [6.07, 6.45) is 0.975. The van der Waals surface area contributed by atoms with Crippen LogP contribution in [-0.4, -0.2) is 26.2 Å². The highest BCUT2D eigenvalue weighted by atomic mass is 79.9. The predicted octanol–water partition coefficient (Wildman–Crippen LogP) is 2.90. The second-order valence-corrected chi connectivity index (χ2v) is 4.14. The van der Waals surface area contributed by atoms with E-state index in [4.69, 9.17) is 9.47 Å². The molecule has 0 aliphatic heterocycles. The lowest BCUT2D eigenvalue weighted by Gasteiger charge is -2.15. The molecule has 0 heterocycles. The van der Waals surface area contributed by atoms with Crippen molar-refractivity contribution in [3.8, 4) is 5.75 Å². The van der Waals surface area contributed by atoms with Crippen molar-refractivity contribution in [3.63, 3.8) is 0 Å². The fourth-order valence-electron chi connectivity index (χ4n) is 1.58. The van der Waals surface area contributed by atoms with Crippen molar-refractivity contribution in [3.05, 3.63) is 29.8 Å². The van der Waals surface area contributed by atoms with E-state index in [1.54, 1.807) is 14.2 Å². The average molecular weight is 273 g/mol. The molecule has 1 atom stereocenters. The number of rotatable bonds is 6. The molecule has 1 aromatic carbocycles. The van der Waals surface area contributed by atoms with E-state index in [0.717, 1.165) is 24.1 Å². The third-order valence-corrected chi connectivity index (χ3v) is 3.24. The van der Waals surface area contributed by atoms with E-state index < -0.39 is 0 Å². The van der Waals surface area contributed by atoms with Crippen molar-refractivity contribution >= 4 is 15.9 Å². The molecular formula is C12H17BrO2. The van der Waals surface area contributed by atoms with E-state index in [-0.39, 0.29) is 0 Å². The largest absolute Gasteiger partial charge is 0.496 e. The summed E-state index contributed by atoms with van der Waals surface area (Å²) in [5, 5.41) is 0.943. The summed E-state index contributed by atoms with van der Waals surface area (Å²) < 4.78 is 10.5. The highest BCUT2D eigenvalue weighted by Crippen LogP contribution is 2.21. The Balaban J connectivity index is 2.69. The van der Waals surface area contributed by atoms with Gasteiger partial charge in [0, 0.05) is 12.4 Å². The number of benzene rings is 1. The summed E-state index contributed by atoms with van der Waals surface area (Å²) in [6, 6.07) is 8.12. The maximum Gasteiger partial charge on any atom is 0.122 e. The Bertz CT molecular complexity index is 289. The summed E-state index contributed by atoms with van der Waals surface area (Å²) in [6.45, 7) is 0.767. The minimum absolute atomic E-state index is 0.492. The topological polar surface area (TPSA) is 18.5 Å². The number of hydrogen-bond acceptors (Lipinski definition) is 2. The summed E-state index contributed by atoms with van der Waals surface area (Å²) in [5.41, 5.74) is 1.24. The fraction of sp³-hybridized carbons (Fsp3) is 0.500. The van der Waals surface area contributed by atoms with E-state index in [9.17, 15) is 0 Å². The maximum absolute atomic E-state index is 5.31. The molecule has 0 amide bonds. The van der Waals surface area contributed by atoms with Gasteiger partial charge in [-0.1, -0.05) is 34.1 Å². The minimum atomic E-state index is 0.492. The molecular weight excluding hydrogens is 256 g/mol. The molecule has 0 saturated heterocycles. The molecule has 84 valence electrons. The van der Waals surface area contributed by atoms with Crippen molar-refractivity contribution < 1.29 is 9.47 Å². The molecule has 0 aliphatic rings. The number of alkyl halides is 1. The Morgan fingerprint density at radius 2 is 2.00 bits per heavy atom. The van der Waals surface area contributed by atoms with Crippen LogP contribution in [0.2, 0.25) is 0 Å². The molecule has 0 radical (unpaired) electrons. The zero-order chi connectivity index (χ0) is 11.1. The lowest BCUT2D eigenvalue weighted by Crippen LogP contribution is -2.13. The number of ether oxygens (including phenoxy) is 2. The van der Waals surface area contributed by atoms with E-state index >= 15 is 0 Å². The second kappa shape index (κ2) is 6.85. The maximum atomic E-state index is 5.31. The predicted molar refractivity (Wildman–Crippen MR) is 65.9 cm³/mol. The molecule has 1 aromatic rings. The van der Waals surface area contributed by atoms with Crippen LogP contribution in [0.1, 0.15) is 5.56 Å². The molecule has 0 fully saturated rings. The van der Waals surface area contributed by atoms with Gasteiger partial charge in [0.25, 0.3) is 0 Å². The number of hydrogen-bond donors (Lipinski definition) is 0. The van der Waals surface area contributed by atoms with Gasteiger partial charge in [0.05, 0.1) is 13.7 Å². The molecule has 3 heteroatoms. The third kappa shape index (κ3) is 3.84. The standard InChI is InChI=1S/C12H17BrO2/c1-14-9-10(8-13)7-11-5-3-4-6-12(11)15-2/h3-6,10H,7-9H2,1-2H3. The van der Waals surface area contributed by atoms with Gasteiger partial charge in [-0.3, -0.25) is 0 Å². The van der Waals surface area contributed by atoms with Crippen LogP contribution < -0.4 is 4.74 Å². The van der Waals surface area contributed by atoms with Crippen LogP contribution in [-0.2, 0) is 11.2 Å². The highest BCUT2D eigenvalue weighted by Gasteiger charge is 2.10. The van der Waals surface area contributed by atoms with Gasteiger partial charge in [0.15, 0.2) is 0 Å². The van der Waals surface area contributed by atoms with Gasteiger partial charge in [-0.25, -0.2) is 0 Å². The Labute approximate surface area is 99.7 Å². The van der Waals surface area contributed by atoms with Crippen LogP contribution >= 0.6 is 15.9 Å². The smallest absolute Gasteiger partial charge is 0.122 e. The van der Waals surface area contributed by atoms with Gasteiger partial charge in [-0.2, -0.15) is 0 Å². The van der Waals surface area contributed by atoms with Crippen molar-refractivity contribution in [2.75, 3.05) is 26.2 Å². The first-order valence-electron chi connectivity index (χ1n) is 4.98. The van der Waals surface area contributed by atoms with Crippen molar-refractivity contribution in [2.24, 2.45) is 5.92 Å². The van der Waals surface area contributed by atoms with Crippen LogP contribution in [0.5, 0.6) is 5.75 Å². The molecule has 0 bridgehead atoms. The zero-order valence-corrected chi connectivity index (χ0v) is 10.8. The summed E-state index contributed by atoms with van der Waals surface area (Å²) >= 11 is 3.50.